The van der Waals surface area contributed by atoms with Crippen LogP contribution in [0.1, 0.15) is 49.1 Å². The SMILES string of the molecule is Cc1cccc(OCC(=O)N2CCCN(C)c3ccc(C4CCCC4)cc32)c1. The molecule has 0 radical (unpaired) electrons. The molecule has 1 aliphatic heterocycles. The average Bonchev–Trinajstić information content (AvgIpc) is 3.18. The van der Waals surface area contributed by atoms with Crippen LogP contribution in [-0.2, 0) is 4.79 Å². The number of fused-ring (bicyclic) bond motifs is 1. The third kappa shape index (κ3) is 4.01. The summed E-state index contributed by atoms with van der Waals surface area (Å²) in [5, 5.41) is 0. The molecule has 0 saturated heterocycles. The Morgan fingerprint density at radius 2 is 1.86 bits per heavy atom. The van der Waals surface area contributed by atoms with Crippen LogP contribution in [0.15, 0.2) is 42.5 Å². The van der Waals surface area contributed by atoms with Crippen molar-refractivity contribution < 1.29 is 9.53 Å². The summed E-state index contributed by atoms with van der Waals surface area (Å²) in [6, 6.07) is 14.6. The summed E-state index contributed by atoms with van der Waals surface area (Å²) >= 11 is 0. The Hall–Kier alpha value is -2.49. The first kappa shape index (κ1) is 18.9. The van der Waals surface area contributed by atoms with Gasteiger partial charge in [-0.15, -0.1) is 0 Å². The van der Waals surface area contributed by atoms with Crippen LogP contribution in [0.25, 0.3) is 0 Å². The number of hydrogen-bond acceptors (Lipinski definition) is 3. The minimum absolute atomic E-state index is 0.0293. The normalized spacial score (nSPS) is 17.4. The predicted molar refractivity (Wildman–Crippen MR) is 115 cm³/mol. The third-order valence-electron chi connectivity index (χ3n) is 6.06. The molecule has 1 heterocycles. The largest absolute Gasteiger partial charge is 0.484 e. The van der Waals surface area contributed by atoms with Crippen molar-refractivity contribution in [1.29, 1.82) is 0 Å². The molecule has 148 valence electrons. The first-order valence-electron chi connectivity index (χ1n) is 10.5. The molecule has 0 bridgehead atoms. The number of benzene rings is 2. The maximum Gasteiger partial charge on any atom is 0.264 e. The molecular formula is C24H30N2O2. The molecule has 0 unspecified atom stereocenters. The standard InChI is InChI=1S/C24H30N2O2/c1-18-7-5-10-21(15-18)28-17-24(27)26-14-6-13-25(2)22-12-11-20(16-23(22)26)19-8-3-4-9-19/h5,7,10-12,15-16,19H,3-4,6,8-9,13-14,17H2,1-2H3. The molecule has 28 heavy (non-hydrogen) atoms. The van der Waals surface area contributed by atoms with Gasteiger partial charge in [-0.1, -0.05) is 31.0 Å². The molecule has 0 spiro atoms. The van der Waals surface area contributed by atoms with Gasteiger partial charge < -0.3 is 14.5 Å². The van der Waals surface area contributed by atoms with E-state index in [-0.39, 0.29) is 12.5 Å². The lowest BCUT2D eigenvalue weighted by atomic mass is 9.96. The number of ether oxygens (including phenoxy) is 1. The number of amides is 1. The molecular weight excluding hydrogens is 348 g/mol. The molecule has 0 N–H and O–H groups in total. The number of carbonyl (C=O) groups excluding carboxylic acids is 1. The van der Waals surface area contributed by atoms with Crippen molar-refractivity contribution in [3.63, 3.8) is 0 Å². The van der Waals surface area contributed by atoms with E-state index >= 15 is 0 Å². The summed E-state index contributed by atoms with van der Waals surface area (Å²) in [6.07, 6.45) is 6.11. The summed E-state index contributed by atoms with van der Waals surface area (Å²) in [5.74, 6) is 1.42. The number of hydrogen-bond donors (Lipinski definition) is 0. The molecule has 1 aliphatic carbocycles. The zero-order valence-corrected chi connectivity index (χ0v) is 17.0. The molecule has 4 heteroatoms. The summed E-state index contributed by atoms with van der Waals surface area (Å²) < 4.78 is 5.81. The molecule has 4 nitrogen and oxygen atoms in total. The molecule has 2 aromatic rings. The fourth-order valence-electron chi connectivity index (χ4n) is 4.49. The number of nitrogens with zero attached hydrogens (tertiary/aromatic N) is 2. The van der Waals surface area contributed by atoms with Crippen LogP contribution in [0.2, 0.25) is 0 Å². The van der Waals surface area contributed by atoms with Crippen molar-refractivity contribution in [2.45, 2.75) is 44.9 Å². The highest BCUT2D eigenvalue weighted by Gasteiger charge is 2.26. The molecule has 2 aromatic carbocycles. The van der Waals surface area contributed by atoms with Gasteiger partial charge in [0.1, 0.15) is 5.75 Å². The Balaban J connectivity index is 1.57. The highest BCUT2D eigenvalue weighted by molar-refractivity contribution is 5.98. The topological polar surface area (TPSA) is 32.8 Å². The lowest BCUT2D eigenvalue weighted by molar-refractivity contribution is -0.120. The van der Waals surface area contributed by atoms with Gasteiger partial charge in [0.2, 0.25) is 0 Å². The maximum absolute atomic E-state index is 13.1. The number of carbonyl (C=O) groups is 1. The summed E-state index contributed by atoms with van der Waals surface area (Å²) in [6.45, 7) is 3.79. The van der Waals surface area contributed by atoms with Gasteiger partial charge in [-0.3, -0.25) is 4.79 Å². The summed E-state index contributed by atoms with van der Waals surface area (Å²) in [4.78, 5) is 17.3. The first-order valence-corrected chi connectivity index (χ1v) is 10.5. The molecule has 4 rings (SSSR count). The average molecular weight is 379 g/mol. The van der Waals surface area contributed by atoms with Crippen molar-refractivity contribution >= 4 is 17.3 Å². The van der Waals surface area contributed by atoms with Crippen LogP contribution in [-0.4, -0.2) is 32.7 Å². The first-order chi connectivity index (χ1) is 13.6. The van der Waals surface area contributed by atoms with Crippen molar-refractivity contribution in [1.82, 2.24) is 0 Å². The Bertz CT molecular complexity index is 842. The second-order valence-corrected chi connectivity index (χ2v) is 8.16. The number of rotatable bonds is 4. The third-order valence-corrected chi connectivity index (χ3v) is 6.06. The lowest BCUT2D eigenvalue weighted by Gasteiger charge is -2.26. The van der Waals surface area contributed by atoms with Gasteiger partial charge in [0, 0.05) is 20.1 Å². The summed E-state index contributed by atoms with van der Waals surface area (Å²) in [7, 11) is 2.12. The highest BCUT2D eigenvalue weighted by Crippen LogP contribution is 2.39. The van der Waals surface area contributed by atoms with Gasteiger partial charge in [0.15, 0.2) is 6.61 Å². The zero-order chi connectivity index (χ0) is 19.5. The van der Waals surface area contributed by atoms with Crippen LogP contribution in [0.4, 0.5) is 11.4 Å². The second kappa shape index (κ2) is 8.26. The van der Waals surface area contributed by atoms with E-state index in [0.717, 1.165) is 42.2 Å². The Labute approximate surface area is 168 Å². The Kier molecular flexibility index (Phi) is 5.56. The van der Waals surface area contributed by atoms with E-state index in [1.54, 1.807) is 0 Å². The van der Waals surface area contributed by atoms with Gasteiger partial charge in [-0.2, -0.15) is 0 Å². The van der Waals surface area contributed by atoms with Crippen molar-refractivity contribution in [2.75, 3.05) is 36.5 Å². The van der Waals surface area contributed by atoms with E-state index in [1.165, 1.54) is 31.2 Å². The fraction of sp³-hybridized carbons (Fsp3) is 0.458. The molecule has 1 saturated carbocycles. The van der Waals surface area contributed by atoms with Crippen LogP contribution in [0.3, 0.4) is 0 Å². The van der Waals surface area contributed by atoms with E-state index in [4.69, 9.17) is 4.74 Å². The molecule has 1 fully saturated rings. The van der Waals surface area contributed by atoms with Gasteiger partial charge in [-0.05, 0) is 67.5 Å². The highest BCUT2D eigenvalue weighted by atomic mass is 16.5. The summed E-state index contributed by atoms with van der Waals surface area (Å²) in [5.41, 5.74) is 4.70. The predicted octanol–water partition coefficient (Wildman–Crippen LogP) is 4.90. The smallest absolute Gasteiger partial charge is 0.264 e. The van der Waals surface area contributed by atoms with Crippen LogP contribution >= 0.6 is 0 Å². The minimum Gasteiger partial charge on any atom is -0.484 e. The van der Waals surface area contributed by atoms with E-state index in [2.05, 4.69) is 30.1 Å². The molecule has 0 atom stereocenters. The van der Waals surface area contributed by atoms with Gasteiger partial charge in [0.05, 0.1) is 11.4 Å². The lowest BCUT2D eigenvalue weighted by Crippen LogP contribution is -2.35. The van der Waals surface area contributed by atoms with Crippen LogP contribution in [0.5, 0.6) is 5.75 Å². The van der Waals surface area contributed by atoms with Gasteiger partial charge >= 0.3 is 0 Å². The van der Waals surface area contributed by atoms with Gasteiger partial charge in [0.25, 0.3) is 5.91 Å². The molecule has 1 amide bonds. The van der Waals surface area contributed by atoms with Crippen molar-refractivity contribution in [2.24, 2.45) is 0 Å². The van der Waals surface area contributed by atoms with E-state index < -0.39 is 0 Å². The van der Waals surface area contributed by atoms with Crippen molar-refractivity contribution in [3.05, 3.63) is 53.6 Å². The van der Waals surface area contributed by atoms with Crippen molar-refractivity contribution in [3.8, 4) is 5.75 Å². The number of anilines is 2. The Morgan fingerprint density at radius 1 is 1.04 bits per heavy atom. The fourth-order valence-corrected chi connectivity index (χ4v) is 4.49. The quantitative estimate of drug-likeness (QED) is 0.758. The molecule has 2 aliphatic rings. The van der Waals surface area contributed by atoms with Crippen LogP contribution < -0.4 is 14.5 Å². The number of aryl methyl sites for hydroxylation is 1. The molecule has 0 aromatic heterocycles. The van der Waals surface area contributed by atoms with E-state index in [0.29, 0.717) is 5.92 Å². The van der Waals surface area contributed by atoms with E-state index in [1.807, 2.05) is 36.1 Å². The maximum atomic E-state index is 13.1. The van der Waals surface area contributed by atoms with Gasteiger partial charge in [-0.25, -0.2) is 0 Å². The van der Waals surface area contributed by atoms with E-state index in [9.17, 15) is 4.79 Å². The second-order valence-electron chi connectivity index (χ2n) is 8.16. The monoisotopic (exact) mass is 378 g/mol. The Morgan fingerprint density at radius 3 is 2.64 bits per heavy atom. The zero-order valence-electron chi connectivity index (χ0n) is 17.0. The minimum atomic E-state index is 0.0293. The van der Waals surface area contributed by atoms with Crippen LogP contribution in [0, 0.1) is 6.92 Å².